The molecule has 8 heteroatoms. The predicted molar refractivity (Wildman–Crippen MR) is 150 cm³/mol. The average Bonchev–Trinajstić information content (AvgIpc) is 2.96. The van der Waals surface area contributed by atoms with Crippen LogP contribution in [0, 0.1) is 5.92 Å². The highest BCUT2D eigenvalue weighted by molar-refractivity contribution is 5.96. The van der Waals surface area contributed by atoms with Gasteiger partial charge in [-0.05, 0) is 79.8 Å². The van der Waals surface area contributed by atoms with Crippen LogP contribution in [0.15, 0.2) is 36.4 Å². The first-order chi connectivity index (χ1) is 18.9. The molecular formula is C31H42N2O6. The summed E-state index contributed by atoms with van der Waals surface area (Å²) in [5.41, 5.74) is 1.73. The fourth-order valence-corrected chi connectivity index (χ4v) is 5.66. The van der Waals surface area contributed by atoms with Crippen molar-refractivity contribution >= 4 is 11.8 Å². The van der Waals surface area contributed by atoms with E-state index < -0.39 is 6.04 Å². The summed E-state index contributed by atoms with van der Waals surface area (Å²) < 4.78 is 22.3. The highest BCUT2D eigenvalue weighted by Crippen LogP contribution is 2.37. The number of nitrogens with zero attached hydrogens (tertiary/aromatic N) is 2. The second-order valence-corrected chi connectivity index (χ2v) is 10.6. The SMILES string of the molecule is CCCOc1ccc([C@@H]2C(=O)N(C3CCC(C)CC3)CC(=O)N2CCc2ccc(OC)c(OC)c2)cc1OC. The van der Waals surface area contributed by atoms with Crippen LogP contribution < -0.4 is 18.9 Å². The normalized spacial score (nSPS) is 21.6. The Morgan fingerprint density at radius 2 is 1.51 bits per heavy atom. The fraction of sp³-hybridized carbons (Fsp3) is 0.548. The summed E-state index contributed by atoms with van der Waals surface area (Å²) in [6.07, 6.45) is 5.48. The van der Waals surface area contributed by atoms with Crippen LogP contribution in [-0.4, -0.2) is 68.7 Å². The number of rotatable bonds is 11. The first kappa shape index (κ1) is 28.6. The Morgan fingerprint density at radius 3 is 2.18 bits per heavy atom. The van der Waals surface area contributed by atoms with Crippen LogP contribution in [0.2, 0.25) is 0 Å². The standard InChI is InChI=1S/C31H42N2O6/c1-6-17-39-26-14-10-23(19-28(26)38-5)30-31(35)33(24-11-7-21(2)8-12-24)20-29(34)32(30)16-15-22-9-13-25(36-3)27(18-22)37-4/h9-10,13-14,18-19,21,24,30H,6-8,11-12,15-17,20H2,1-5H3/t21?,24?,30-/m1/s1. The molecule has 0 radical (unpaired) electrons. The van der Waals surface area contributed by atoms with E-state index in [1.165, 1.54) is 0 Å². The highest BCUT2D eigenvalue weighted by atomic mass is 16.5. The summed E-state index contributed by atoms with van der Waals surface area (Å²) >= 11 is 0. The number of carbonyl (C=O) groups excluding carboxylic acids is 2. The van der Waals surface area contributed by atoms with Crippen molar-refractivity contribution in [3.8, 4) is 23.0 Å². The third kappa shape index (κ3) is 6.43. The van der Waals surface area contributed by atoms with E-state index in [4.69, 9.17) is 18.9 Å². The van der Waals surface area contributed by atoms with Crippen LogP contribution in [0.5, 0.6) is 23.0 Å². The van der Waals surface area contributed by atoms with E-state index >= 15 is 0 Å². The monoisotopic (exact) mass is 538 g/mol. The van der Waals surface area contributed by atoms with E-state index in [0.717, 1.165) is 43.2 Å². The fourth-order valence-electron chi connectivity index (χ4n) is 5.66. The van der Waals surface area contributed by atoms with E-state index in [1.807, 2.05) is 48.2 Å². The molecule has 1 aliphatic carbocycles. The molecule has 0 N–H and O–H groups in total. The quantitative estimate of drug-likeness (QED) is 0.399. The van der Waals surface area contributed by atoms with E-state index in [-0.39, 0.29) is 24.4 Å². The van der Waals surface area contributed by atoms with Gasteiger partial charge in [0.05, 0.1) is 27.9 Å². The minimum absolute atomic E-state index is 0.0225. The molecule has 1 saturated carbocycles. The van der Waals surface area contributed by atoms with Crippen molar-refractivity contribution in [3.63, 3.8) is 0 Å². The summed E-state index contributed by atoms with van der Waals surface area (Å²) in [6, 6.07) is 10.7. The van der Waals surface area contributed by atoms with Crippen LogP contribution in [0.25, 0.3) is 0 Å². The molecule has 8 nitrogen and oxygen atoms in total. The predicted octanol–water partition coefficient (Wildman–Crippen LogP) is 5.03. The van der Waals surface area contributed by atoms with Gasteiger partial charge >= 0.3 is 0 Å². The summed E-state index contributed by atoms with van der Waals surface area (Å²) in [4.78, 5) is 31.4. The lowest BCUT2D eigenvalue weighted by atomic mass is 9.85. The molecule has 2 aromatic carbocycles. The van der Waals surface area contributed by atoms with E-state index in [1.54, 1.807) is 26.2 Å². The van der Waals surface area contributed by atoms with Crippen molar-refractivity contribution in [2.24, 2.45) is 5.92 Å². The van der Waals surface area contributed by atoms with Crippen molar-refractivity contribution in [1.82, 2.24) is 9.80 Å². The molecule has 2 aliphatic rings. The second-order valence-electron chi connectivity index (χ2n) is 10.6. The Kier molecular flexibility index (Phi) is 9.59. The summed E-state index contributed by atoms with van der Waals surface area (Å²) in [7, 11) is 4.80. The van der Waals surface area contributed by atoms with Crippen LogP contribution in [0.4, 0.5) is 0 Å². The number of hydrogen-bond donors (Lipinski definition) is 0. The molecule has 2 aromatic rings. The van der Waals surface area contributed by atoms with Gasteiger partial charge in [0.15, 0.2) is 23.0 Å². The number of hydrogen-bond acceptors (Lipinski definition) is 6. The largest absolute Gasteiger partial charge is 0.493 e. The third-order valence-corrected chi connectivity index (χ3v) is 7.94. The van der Waals surface area contributed by atoms with Crippen LogP contribution in [0.3, 0.4) is 0 Å². The van der Waals surface area contributed by atoms with Crippen molar-refractivity contribution in [1.29, 1.82) is 0 Å². The molecule has 1 atom stereocenters. The Balaban J connectivity index is 1.64. The van der Waals surface area contributed by atoms with E-state index in [0.29, 0.717) is 48.5 Å². The molecule has 0 bridgehead atoms. The third-order valence-electron chi connectivity index (χ3n) is 7.94. The Labute approximate surface area is 232 Å². The first-order valence-corrected chi connectivity index (χ1v) is 14.0. The van der Waals surface area contributed by atoms with Gasteiger partial charge in [0, 0.05) is 12.6 Å². The minimum Gasteiger partial charge on any atom is -0.493 e. The zero-order valence-electron chi connectivity index (χ0n) is 23.9. The van der Waals surface area contributed by atoms with Crippen molar-refractivity contribution < 1.29 is 28.5 Å². The number of ether oxygens (including phenoxy) is 4. The number of amides is 2. The maximum Gasteiger partial charge on any atom is 0.250 e. The molecule has 0 aromatic heterocycles. The smallest absolute Gasteiger partial charge is 0.250 e. The maximum absolute atomic E-state index is 14.1. The van der Waals surface area contributed by atoms with Crippen molar-refractivity contribution in [3.05, 3.63) is 47.5 Å². The van der Waals surface area contributed by atoms with Crippen LogP contribution >= 0.6 is 0 Å². The lowest BCUT2D eigenvalue weighted by Gasteiger charge is -2.45. The van der Waals surface area contributed by atoms with Crippen LogP contribution in [0.1, 0.15) is 63.1 Å². The Bertz CT molecular complexity index is 1140. The molecule has 2 fully saturated rings. The van der Waals surface area contributed by atoms with Gasteiger partial charge in [0.25, 0.3) is 5.91 Å². The van der Waals surface area contributed by atoms with E-state index in [9.17, 15) is 9.59 Å². The molecule has 1 aliphatic heterocycles. The van der Waals surface area contributed by atoms with Gasteiger partial charge in [-0.15, -0.1) is 0 Å². The van der Waals surface area contributed by atoms with Gasteiger partial charge in [-0.2, -0.15) is 0 Å². The Hall–Kier alpha value is -3.42. The first-order valence-electron chi connectivity index (χ1n) is 14.0. The van der Waals surface area contributed by atoms with Gasteiger partial charge in [-0.1, -0.05) is 26.0 Å². The summed E-state index contributed by atoms with van der Waals surface area (Å²) in [6.45, 7) is 5.39. The summed E-state index contributed by atoms with van der Waals surface area (Å²) in [5, 5.41) is 0. The average molecular weight is 539 g/mol. The second kappa shape index (κ2) is 13.1. The van der Waals surface area contributed by atoms with Gasteiger partial charge in [0.1, 0.15) is 12.6 Å². The molecule has 0 unspecified atom stereocenters. The lowest BCUT2D eigenvalue weighted by molar-refractivity contribution is -0.159. The zero-order chi connectivity index (χ0) is 27.9. The number of methoxy groups -OCH3 is 3. The molecule has 39 heavy (non-hydrogen) atoms. The van der Waals surface area contributed by atoms with Crippen LogP contribution in [-0.2, 0) is 16.0 Å². The van der Waals surface area contributed by atoms with Gasteiger partial charge in [-0.3, -0.25) is 9.59 Å². The van der Waals surface area contributed by atoms with Gasteiger partial charge < -0.3 is 28.7 Å². The topological polar surface area (TPSA) is 77.5 Å². The molecule has 1 heterocycles. The zero-order valence-corrected chi connectivity index (χ0v) is 23.9. The minimum atomic E-state index is -0.722. The maximum atomic E-state index is 14.1. The number of benzene rings is 2. The summed E-state index contributed by atoms with van der Waals surface area (Å²) in [5.74, 6) is 3.08. The highest BCUT2D eigenvalue weighted by Gasteiger charge is 2.43. The van der Waals surface area contributed by atoms with Gasteiger partial charge in [0.2, 0.25) is 5.91 Å². The lowest BCUT2D eigenvalue weighted by Crippen LogP contribution is -2.59. The molecule has 4 rings (SSSR count). The van der Waals surface area contributed by atoms with Crippen molar-refractivity contribution in [2.45, 2.75) is 64.5 Å². The molecule has 2 amide bonds. The molecular weight excluding hydrogens is 496 g/mol. The van der Waals surface area contributed by atoms with Crippen molar-refractivity contribution in [2.75, 3.05) is 41.0 Å². The molecule has 0 spiro atoms. The number of carbonyl (C=O) groups is 2. The van der Waals surface area contributed by atoms with E-state index in [2.05, 4.69) is 6.92 Å². The number of piperazine rings is 1. The molecule has 212 valence electrons. The Morgan fingerprint density at radius 1 is 0.846 bits per heavy atom. The molecule has 1 saturated heterocycles. The van der Waals surface area contributed by atoms with Gasteiger partial charge in [-0.25, -0.2) is 0 Å².